The highest BCUT2D eigenvalue weighted by Gasteiger charge is 2.15. The van der Waals surface area contributed by atoms with E-state index in [0.29, 0.717) is 15.2 Å². The Morgan fingerprint density at radius 3 is 2.63 bits per heavy atom. The summed E-state index contributed by atoms with van der Waals surface area (Å²) in [6.07, 6.45) is 0.867. The summed E-state index contributed by atoms with van der Waals surface area (Å²) in [5.41, 5.74) is 2.98. The van der Waals surface area contributed by atoms with Gasteiger partial charge in [0.05, 0.1) is 20.3 Å². The minimum Gasteiger partial charge on any atom is -0.361 e. The predicted octanol–water partition coefficient (Wildman–Crippen LogP) is 5.30. The maximum atomic E-state index is 11.2. The molecule has 0 spiro atoms. The molecule has 2 aromatic carbocycles. The fraction of sp³-hybridized carbons (Fsp3) is 0.167. The van der Waals surface area contributed by atoms with Gasteiger partial charge in [0, 0.05) is 12.2 Å². The van der Waals surface area contributed by atoms with Crippen molar-refractivity contribution in [3.8, 4) is 0 Å². The first-order valence-electron chi connectivity index (χ1n) is 8.17. The van der Waals surface area contributed by atoms with E-state index in [2.05, 4.69) is 32.7 Å². The number of rotatable bonds is 5. The van der Waals surface area contributed by atoms with E-state index < -0.39 is 0 Å². The van der Waals surface area contributed by atoms with Crippen LogP contribution < -0.4 is 10.6 Å². The van der Waals surface area contributed by atoms with Gasteiger partial charge in [0.1, 0.15) is 6.54 Å². The molecule has 0 amide bonds. The summed E-state index contributed by atoms with van der Waals surface area (Å²) >= 11 is 14.8. The number of aliphatic imine (C=N–C) groups is 1. The predicted molar refractivity (Wildman–Crippen MR) is 117 cm³/mol. The van der Waals surface area contributed by atoms with Crippen LogP contribution in [0.2, 0.25) is 10.0 Å². The Morgan fingerprint density at radius 1 is 1.11 bits per heavy atom. The number of benzene rings is 2. The number of thioether (sulfide) groups is 1. The molecular weight excluding hydrogens is 423 g/mol. The fourth-order valence-electron chi connectivity index (χ4n) is 2.56. The molecule has 2 heterocycles. The summed E-state index contributed by atoms with van der Waals surface area (Å²) in [5, 5.41) is 9.13. The monoisotopic (exact) mass is 436 g/mol. The van der Waals surface area contributed by atoms with Crippen molar-refractivity contribution in [2.24, 2.45) is 4.99 Å². The standard InChI is InChI=1S/C18H14Cl2N4OS2/c19-12-7-14-15(8-13(12)20)26-17(24-14)21-6-5-10-1-3-11(4-2-10)23-18-22-9-16(25)27-18/h1-4,7-8H,5-6,9H2,(H,21,24)(H,22,23). The van der Waals surface area contributed by atoms with Gasteiger partial charge in [-0.1, -0.05) is 46.7 Å². The van der Waals surface area contributed by atoms with Gasteiger partial charge >= 0.3 is 0 Å². The number of carbonyl (C=O) groups is 1. The molecule has 5 nitrogen and oxygen atoms in total. The first-order chi connectivity index (χ1) is 13.1. The number of carbonyl (C=O) groups excluding carboxylic acids is 1. The number of halogens is 2. The van der Waals surface area contributed by atoms with Crippen molar-refractivity contribution in [1.82, 2.24) is 4.98 Å². The molecule has 27 heavy (non-hydrogen) atoms. The number of amidine groups is 1. The van der Waals surface area contributed by atoms with E-state index in [1.165, 1.54) is 5.56 Å². The van der Waals surface area contributed by atoms with Crippen molar-refractivity contribution < 1.29 is 4.79 Å². The molecule has 0 aliphatic carbocycles. The van der Waals surface area contributed by atoms with Gasteiger partial charge < -0.3 is 10.6 Å². The Morgan fingerprint density at radius 2 is 1.89 bits per heavy atom. The van der Waals surface area contributed by atoms with Crippen LogP contribution >= 0.6 is 46.3 Å². The second-order valence-corrected chi connectivity index (χ2v) is 8.74. The molecule has 138 valence electrons. The number of aromatic nitrogens is 1. The molecule has 0 saturated carbocycles. The molecule has 0 atom stereocenters. The number of anilines is 2. The molecule has 1 aliphatic heterocycles. The highest BCUT2D eigenvalue weighted by molar-refractivity contribution is 8.27. The lowest BCUT2D eigenvalue weighted by molar-refractivity contribution is -0.109. The van der Waals surface area contributed by atoms with Crippen molar-refractivity contribution in [2.45, 2.75) is 6.42 Å². The van der Waals surface area contributed by atoms with Crippen LogP contribution in [0.1, 0.15) is 5.56 Å². The fourth-order valence-corrected chi connectivity index (χ4v) is 4.51. The minimum atomic E-state index is 0.0691. The van der Waals surface area contributed by atoms with E-state index in [9.17, 15) is 4.79 Å². The Labute approximate surface area is 174 Å². The SMILES string of the molecule is O=C1CN=C(Nc2ccc(CCNc3nc4cc(Cl)c(Cl)cc4s3)cc2)S1. The smallest absolute Gasteiger partial charge is 0.218 e. The molecule has 1 aromatic heterocycles. The van der Waals surface area contributed by atoms with Crippen LogP contribution in [0.15, 0.2) is 41.4 Å². The zero-order chi connectivity index (χ0) is 18.8. The van der Waals surface area contributed by atoms with Gasteiger partial charge in [-0.2, -0.15) is 0 Å². The van der Waals surface area contributed by atoms with E-state index >= 15 is 0 Å². The van der Waals surface area contributed by atoms with Gasteiger partial charge in [0.2, 0.25) is 5.12 Å². The maximum Gasteiger partial charge on any atom is 0.218 e. The van der Waals surface area contributed by atoms with E-state index in [-0.39, 0.29) is 11.7 Å². The molecule has 1 aliphatic rings. The van der Waals surface area contributed by atoms with Crippen LogP contribution in [0.3, 0.4) is 0 Å². The summed E-state index contributed by atoms with van der Waals surface area (Å²) in [6.45, 7) is 1.02. The number of thiazole rings is 1. The van der Waals surface area contributed by atoms with E-state index in [1.807, 2.05) is 18.2 Å². The first-order valence-corrected chi connectivity index (χ1v) is 10.6. The molecule has 0 unspecified atom stereocenters. The average Bonchev–Trinajstić information content (AvgIpc) is 3.22. The lowest BCUT2D eigenvalue weighted by Crippen LogP contribution is -2.06. The molecule has 0 saturated heterocycles. The van der Waals surface area contributed by atoms with Crippen molar-refractivity contribution in [3.63, 3.8) is 0 Å². The van der Waals surface area contributed by atoms with Crippen LogP contribution in [0.4, 0.5) is 10.8 Å². The molecule has 9 heteroatoms. The maximum absolute atomic E-state index is 11.2. The third kappa shape index (κ3) is 4.55. The van der Waals surface area contributed by atoms with Crippen LogP contribution in [0, 0.1) is 0 Å². The van der Waals surface area contributed by atoms with Gasteiger partial charge in [-0.05, 0) is 48.0 Å². The highest BCUT2D eigenvalue weighted by atomic mass is 35.5. The molecule has 0 bridgehead atoms. The number of fused-ring (bicyclic) bond motifs is 1. The van der Waals surface area contributed by atoms with Crippen molar-refractivity contribution in [2.75, 3.05) is 23.7 Å². The van der Waals surface area contributed by atoms with Crippen molar-refractivity contribution >= 4 is 77.6 Å². The molecule has 0 radical (unpaired) electrons. The second-order valence-electron chi connectivity index (χ2n) is 5.85. The van der Waals surface area contributed by atoms with Crippen molar-refractivity contribution in [3.05, 3.63) is 52.0 Å². The van der Waals surface area contributed by atoms with Crippen molar-refractivity contribution in [1.29, 1.82) is 0 Å². The number of hydrogen-bond acceptors (Lipinski definition) is 7. The lowest BCUT2D eigenvalue weighted by atomic mass is 10.1. The zero-order valence-electron chi connectivity index (χ0n) is 14.0. The summed E-state index contributed by atoms with van der Waals surface area (Å²) in [5.74, 6) is 0. The summed E-state index contributed by atoms with van der Waals surface area (Å²) < 4.78 is 1.01. The number of hydrogen-bond donors (Lipinski definition) is 2. The van der Waals surface area contributed by atoms with Gasteiger partial charge in [0.25, 0.3) is 0 Å². The summed E-state index contributed by atoms with van der Waals surface area (Å²) in [4.78, 5) is 19.9. The Balaban J connectivity index is 1.32. The van der Waals surface area contributed by atoms with Gasteiger partial charge in [-0.25, -0.2) is 4.98 Å². The quantitative estimate of drug-likeness (QED) is 0.567. The third-order valence-electron chi connectivity index (χ3n) is 3.89. The third-order valence-corrected chi connectivity index (χ3v) is 6.37. The van der Waals surface area contributed by atoms with Gasteiger partial charge in [-0.3, -0.25) is 9.79 Å². The summed E-state index contributed by atoms with van der Waals surface area (Å²) in [6, 6.07) is 11.7. The highest BCUT2D eigenvalue weighted by Crippen LogP contribution is 2.32. The van der Waals surface area contributed by atoms with E-state index in [4.69, 9.17) is 23.2 Å². The van der Waals surface area contributed by atoms with E-state index in [1.54, 1.807) is 17.4 Å². The molecular formula is C18H14Cl2N4OS2. The molecule has 0 fully saturated rings. The Bertz CT molecular complexity index is 995. The minimum absolute atomic E-state index is 0.0691. The molecule has 2 N–H and O–H groups in total. The van der Waals surface area contributed by atoms with Crippen LogP contribution in [-0.4, -0.2) is 28.4 Å². The first kappa shape index (κ1) is 18.6. The number of nitrogens with one attached hydrogen (secondary N) is 2. The van der Waals surface area contributed by atoms with Gasteiger partial charge in [0.15, 0.2) is 10.3 Å². The van der Waals surface area contributed by atoms with Crippen LogP contribution in [0.5, 0.6) is 0 Å². The second kappa shape index (κ2) is 8.06. The van der Waals surface area contributed by atoms with Gasteiger partial charge in [-0.15, -0.1) is 0 Å². The van der Waals surface area contributed by atoms with Crippen LogP contribution in [0.25, 0.3) is 10.2 Å². The molecule has 4 rings (SSSR count). The normalized spacial score (nSPS) is 13.9. The Hall–Kier alpha value is -1.80. The number of nitrogens with zero attached hydrogens (tertiary/aromatic N) is 2. The summed E-state index contributed by atoms with van der Waals surface area (Å²) in [7, 11) is 0. The lowest BCUT2D eigenvalue weighted by Gasteiger charge is -2.07. The average molecular weight is 437 g/mol. The van der Waals surface area contributed by atoms with E-state index in [0.717, 1.165) is 45.8 Å². The zero-order valence-corrected chi connectivity index (χ0v) is 17.1. The van der Waals surface area contributed by atoms with Crippen LogP contribution in [-0.2, 0) is 11.2 Å². The molecule has 3 aromatic rings. The Kier molecular flexibility index (Phi) is 5.54. The topological polar surface area (TPSA) is 66.4 Å². The largest absolute Gasteiger partial charge is 0.361 e.